The fourth-order valence-electron chi connectivity index (χ4n) is 3.20. The number of benzene rings is 3. The van der Waals surface area contributed by atoms with E-state index in [4.69, 9.17) is 4.74 Å². The van der Waals surface area contributed by atoms with Gasteiger partial charge in [0.15, 0.2) is 0 Å². The van der Waals surface area contributed by atoms with Crippen LogP contribution in [0.25, 0.3) is 16.8 Å². The molecule has 0 atom stereocenters. The lowest BCUT2D eigenvalue weighted by Crippen LogP contribution is -2.14. The normalized spacial score (nSPS) is 11.1. The highest BCUT2D eigenvalue weighted by Gasteiger charge is 2.14. The highest BCUT2D eigenvalue weighted by atomic mass is 16.5. The first-order valence-electron chi connectivity index (χ1n) is 9.83. The monoisotopic (exact) mass is 384 g/mol. The van der Waals surface area contributed by atoms with Crippen molar-refractivity contribution in [2.75, 3.05) is 11.9 Å². The Balaban J connectivity index is 2.03. The molecular formula is C25H24N2O2. The van der Waals surface area contributed by atoms with E-state index in [1.165, 1.54) is 0 Å². The maximum Gasteiger partial charge on any atom is 0.266 e. The van der Waals surface area contributed by atoms with Crippen molar-refractivity contribution in [3.05, 3.63) is 77.4 Å². The molecule has 3 aromatic rings. The molecule has 0 fully saturated rings. The van der Waals surface area contributed by atoms with Gasteiger partial charge in [-0.3, -0.25) is 4.79 Å². The topological polar surface area (TPSA) is 62.1 Å². The van der Waals surface area contributed by atoms with Gasteiger partial charge in [-0.2, -0.15) is 5.26 Å². The van der Waals surface area contributed by atoms with Crippen LogP contribution in [-0.4, -0.2) is 12.5 Å². The number of fused-ring (bicyclic) bond motifs is 1. The van der Waals surface area contributed by atoms with Gasteiger partial charge in [-0.15, -0.1) is 0 Å². The number of hydrogen-bond donors (Lipinski definition) is 1. The van der Waals surface area contributed by atoms with Crippen molar-refractivity contribution in [2.45, 2.75) is 26.7 Å². The van der Waals surface area contributed by atoms with E-state index in [-0.39, 0.29) is 5.57 Å². The Labute approximate surface area is 171 Å². The summed E-state index contributed by atoms with van der Waals surface area (Å²) in [6.45, 7) is 4.63. The smallest absolute Gasteiger partial charge is 0.266 e. The van der Waals surface area contributed by atoms with Crippen LogP contribution in [0.3, 0.4) is 0 Å². The van der Waals surface area contributed by atoms with Gasteiger partial charge in [-0.25, -0.2) is 0 Å². The van der Waals surface area contributed by atoms with Crippen LogP contribution in [0, 0.1) is 11.3 Å². The Bertz CT molecular complexity index is 1090. The Morgan fingerprint density at radius 1 is 1.07 bits per heavy atom. The first-order chi connectivity index (χ1) is 14.2. The third-order valence-electron chi connectivity index (χ3n) is 4.69. The number of nitrogens with zero attached hydrogens (tertiary/aromatic N) is 1. The summed E-state index contributed by atoms with van der Waals surface area (Å²) in [6, 6.07) is 21.4. The minimum Gasteiger partial charge on any atom is -0.493 e. The molecule has 0 unspecified atom stereocenters. The van der Waals surface area contributed by atoms with Gasteiger partial charge < -0.3 is 10.1 Å². The van der Waals surface area contributed by atoms with E-state index >= 15 is 0 Å². The molecule has 3 rings (SSSR count). The molecule has 0 saturated carbocycles. The van der Waals surface area contributed by atoms with Crippen molar-refractivity contribution in [3.63, 3.8) is 0 Å². The summed E-state index contributed by atoms with van der Waals surface area (Å²) >= 11 is 0. The Morgan fingerprint density at radius 2 is 1.83 bits per heavy atom. The number of carbonyl (C=O) groups is 1. The number of anilines is 1. The van der Waals surface area contributed by atoms with E-state index in [1.54, 1.807) is 6.08 Å². The minimum absolute atomic E-state index is 0.0357. The first kappa shape index (κ1) is 20.2. The summed E-state index contributed by atoms with van der Waals surface area (Å²) in [5.74, 6) is 0.239. The molecule has 4 nitrogen and oxygen atoms in total. The minimum atomic E-state index is -0.428. The maximum atomic E-state index is 12.8. The van der Waals surface area contributed by atoms with Gasteiger partial charge in [0, 0.05) is 11.3 Å². The molecule has 0 heterocycles. The number of carbonyl (C=O) groups excluding carboxylic acids is 1. The van der Waals surface area contributed by atoms with Crippen LogP contribution >= 0.6 is 0 Å². The number of nitrogens with one attached hydrogen (secondary N) is 1. The third-order valence-corrected chi connectivity index (χ3v) is 4.69. The SMILES string of the molecule is CCCOc1ccc2ccccc2c1/C=C(\C#N)C(=O)Nc1ccccc1CC. The van der Waals surface area contributed by atoms with Gasteiger partial charge in [-0.1, -0.05) is 62.4 Å². The van der Waals surface area contributed by atoms with E-state index in [0.717, 1.165) is 40.4 Å². The summed E-state index contributed by atoms with van der Waals surface area (Å²) in [4.78, 5) is 12.8. The zero-order chi connectivity index (χ0) is 20.6. The zero-order valence-electron chi connectivity index (χ0n) is 16.7. The zero-order valence-corrected chi connectivity index (χ0v) is 16.7. The van der Waals surface area contributed by atoms with Crippen LogP contribution in [0.4, 0.5) is 5.69 Å². The number of hydrogen-bond acceptors (Lipinski definition) is 3. The molecule has 0 aromatic heterocycles. The van der Waals surface area contributed by atoms with Crippen LogP contribution in [0.1, 0.15) is 31.4 Å². The lowest BCUT2D eigenvalue weighted by atomic mass is 10.0. The van der Waals surface area contributed by atoms with Gasteiger partial charge in [-0.05, 0) is 47.4 Å². The number of para-hydroxylation sites is 1. The molecule has 1 amide bonds. The van der Waals surface area contributed by atoms with Crippen LogP contribution in [-0.2, 0) is 11.2 Å². The third kappa shape index (κ3) is 4.64. The number of nitriles is 1. The van der Waals surface area contributed by atoms with Gasteiger partial charge in [0.25, 0.3) is 5.91 Å². The average Bonchev–Trinajstić information content (AvgIpc) is 2.76. The maximum absolute atomic E-state index is 12.8. The van der Waals surface area contributed by atoms with Gasteiger partial charge in [0.05, 0.1) is 6.61 Å². The number of aryl methyl sites for hydroxylation is 1. The number of amides is 1. The van der Waals surface area contributed by atoms with E-state index in [2.05, 4.69) is 5.32 Å². The predicted octanol–water partition coefficient (Wildman–Crippen LogP) is 5.74. The molecule has 29 heavy (non-hydrogen) atoms. The first-order valence-corrected chi connectivity index (χ1v) is 9.83. The molecule has 3 aromatic carbocycles. The van der Waals surface area contributed by atoms with Crippen molar-refractivity contribution in [1.82, 2.24) is 0 Å². The highest BCUT2D eigenvalue weighted by molar-refractivity contribution is 6.11. The number of ether oxygens (including phenoxy) is 1. The van der Waals surface area contributed by atoms with Crippen LogP contribution in [0.15, 0.2) is 66.2 Å². The fraction of sp³-hybridized carbons (Fsp3) is 0.200. The second-order valence-corrected chi connectivity index (χ2v) is 6.68. The summed E-state index contributed by atoms with van der Waals surface area (Å²) in [7, 11) is 0. The van der Waals surface area contributed by atoms with Crippen LogP contribution in [0.5, 0.6) is 5.75 Å². The van der Waals surface area contributed by atoms with Crippen molar-refractivity contribution in [3.8, 4) is 11.8 Å². The summed E-state index contributed by atoms with van der Waals surface area (Å²) in [5.41, 5.74) is 2.53. The van der Waals surface area contributed by atoms with Gasteiger partial charge in [0.1, 0.15) is 17.4 Å². The molecule has 0 aliphatic rings. The highest BCUT2D eigenvalue weighted by Crippen LogP contribution is 2.30. The van der Waals surface area contributed by atoms with Crippen LogP contribution in [0.2, 0.25) is 0 Å². The van der Waals surface area contributed by atoms with E-state index < -0.39 is 5.91 Å². The van der Waals surface area contributed by atoms with Crippen LogP contribution < -0.4 is 10.1 Å². The largest absolute Gasteiger partial charge is 0.493 e. The molecule has 146 valence electrons. The molecule has 4 heteroatoms. The quantitative estimate of drug-likeness (QED) is 0.417. The van der Waals surface area contributed by atoms with Gasteiger partial charge >= 0.3 is 0 Å². The summed E-state index contributed by atoms with van der Waals surface area (Å²) in [5, 5.41) is 14.5. The Hall–Kier alpha value is -3.58. The van der Waals surface area contributed by atoms with Crippen molar-refractivity contribution in [1.29, 1.82) is 5.26 Å². The molecule has 0 radical (unpaired) electrons. The Morgan fingerprint density at radius 3 is 2.59 bits per heavy atom. The second-order valence-electron chi connectivity index (χ2n) is 6.68. The average molecular weight is 384 g/mol. The van der Waals surface area contributed by atoms with Crippen molar-refractivity contribution in [2.24, 2.45) is 0 Å². The van der Waals surface area contributed by atoms with Gasteiger partial charge in [0.2, 0.25) is 0 Å². The molecule has 0 saturated heterocycles. The molecule has 1 N–H and O–H groups in total. The lowest BCUT2D eigenvalue weighted by Gasteiger charge is -2.13. The Kier molecular flexibility index (Phi) is 6.65. The van der Waals surface area contributed by atoms with E-state index in [1.807, 2.05) is 80.6 Å². The molecule has 0 aliphatic carbocycles. The summed E-state index contributed by atoms with van der Waals surface area (Å²) < 4.78 is 5.89. The molecule has 0 bridgehead atoms. The standard InChI is InChI=1S/C25H24N2O2/c1-3-15-29-24-14-13-19-10-5-7-11-21(19)22(24)16-20(17-26)25(28)27-23-12-8-6-9-18(23)4-2/h5-14,16H,3-4,15H2,1-2H3,(H,27,28)/b20-16+. The molecular weight excluding hydrogens is 360 g/mol. The predicted molar refractivity (Wildman–Crippen MR) is 118 cm³/mol. The summed E-state index contributed by atoms with van der Waals surface area (Å²) in [6.07, 6.45) is 3.28. The fourth-order valence-corrected chi connectivity index (χ4v) is 3.20. The molecule has 0 aliphatic heterocycles. The second kappa shape index (κ2) is 9.57. The van der Waals surface area contributed by atoms with Crippen molar-refractivity contribution < 1.29 is 9.53 Å². The molecule has 0 spiro atoms. The van der Waals surface area contributed by atoms with Crippen molar-refractivity contribution >= 4 is 28.4 Å². The van der Waals surface area contributed by atoms with E-state index in [9.17, 15) is 10.1 Å². The number of rotatable bonds is 7. The van der Waals surface area contributed by atoms with E-state index in [0.29, 0.717) is 12.4 Å². The lowest BCUT2D eigenvalue weighted by molar-refractivity contribution is -0.112.